The zero-order chi connectivity index (χ0) is 14.8. The van der Waals surface area contributed by atoms with Gasteiger partial charge in [-0.25, -0.2) is 0 Å². The molecule has 3 aromatic rings. The van der Waals surface area contributed by atoms with Gasteiger partial charge in [0.2, 0.25) is 5.82 Å². The third-order valence-electron chi connectivity index (χ3n) is 2.73. The molecule has 0 saturated carbocycles. The molecule has 0 radical (unpaired) electrons. The lowest BCUT2D eigenvalue weighted by molar-refractivity contribution is 0.176. The van der Waals surface area contributed by atoms with Crippen molar-refractivity contribution in [2.75, 3.05) is 0 Å². The van der Waals surface area contributed by atoms with Gasteiger partial charge in [0.1, 0.15) is 5.75 Å². The first-order valence-corrected chi connectivity index (χ1v) is 7.76. The summed E-state index contributed by atoms with van der Waals surface area (Å²) in [7, 11) is 0. The molecule has 0 spiro atoms. The standard InChI is InChI=1S/C14H10Cl2N2O2S/c1-8(19-11-5-4-9(15)7-10(11)16)14-17-13(18-20-14)12-3-2-6-21-12/h2-8H,1H3/t8-/m0/s1. The Labute approximate surface area is 135 Å². The van der Waals surface area contributed by atoms with E-state index in [0.29, 0.717) is 27.5 Å². The minimum Gasteiger partial charge on any atom is -0.479 e. The van der Waals surface area contributed by atoms with Crippen LogP contribution in [0.15, 0.2) is 40.2 Å². The van der Waals surface area contributed by atoms with Crippen LogP contribution in [-0.2, 0) is 0 Å². The van der Waals surface area contributed by atoms with E-state index >= 15 is 0 Å². The molecule has 0 amide bonds. The Balaban J connectivity index is 1.78. The zero-order valence-corrected chi connectivity index (χ0v) is 13.2. The molecule has 1 atom stereocenters. The van der Waals surface area contributed by atoms with Crippen LogP contribution in [0.5, 0.6) is 5.75 Å². The number of aromatic nitrogens is 2. The maximum atomic E-state index is 6.07. The first kappa shape index (κ1) is 14.4. The van der Waals surface area contributed by atoms with Crippen molar-refractivity contribution >= 4 is 34.5 Å². The van der Waals surface area contributed by atoms with Crippen LogP contribution in [0.4, 0.5) is 0 Å². The Morgan fingerprint density at radius 2 is 2.14 bits per heavy atom. The number of thiophene rings is 1. The van der Waals surface area contributed by atoms with Crippen molar-refractivity contribution in [3.05, 3.63) is 51.6 Å². The van der Waals surface area contributed by atoms with Crippen molar-refractivity contribution in [1.29, 1.82) is 0 Å². The van der Waals surface area contributed by atoms with E-state index in [0.717, 1.165) is 4.88 Å². The summed E-state index contributed by atoms with van der Waals surface area (Å²) in [6.07, 6.45) is -0.412. The molecule has 0 unspecified atom stereocenters. The van der Waals surface area contributed by atoms with Crippen LogP contribution < -0.4 is 4.74 Å². The minimum absolute atomic E-state index is 0.393. The second-order valence-electron chi connectivity index (χ2n) is 4.27. The van der Waals surface area contributed by atoms with E-state index in [-0.39, 0.29) is 0 Å². The van der Waals surface area contributed by atoms with E-state index in [4.69, 9.17) is 32.5 Å². The first-order chi connectivity index (χ1) is 10.1. The summed E-state index contributed by atoms with van der Waals surface area (Å²) in [4.78, 5) is 5.28. The van der Waals surface area contributed by atoms with Crippen LogP contribution in [0.3, 0.4) is 0 Å². The maximum Gasteiger partial charge on any atom is 0.267 e. The third-order valence-corrected chi connectivity index (χ3v) is 4.13. The number of hydrogen-bond acceptors (Lipinski definition) is 5. The number of halogens is 2. The zero-order valence-electron chi connectivity index (χ0n) is 10.9. The van der Waals surface area contributed by atoms with Gasteiger partial charge in [-0.2, -0.15) is 4.98 Å². The molecule has 0 saturated heterocycles. The molecule has 0 bridgehead atoms. The highest BCUT2D eigenvalue weighted by Crippen LogP contribution is 2.31. The number of rotatable bonds is 4. The van der Waals surface area contributed by atoms with Gasteiger partial charge in [-0.05, 0) is 36.6 Å². The highest BCUT2D eigenvalue weighted by Gasteiger charge is 2.18. The number of hydrogen-bond donors (Lipinski definition) is 0. The van der Waals surface area contributed by atoms with E-state index in [9.17, 15) is 0 Å². The van der Waals surface area contributed by atoms with Crippen LogP contribution in [0.1, 0.15) is 18.9 Å². The molecule has 7 heteroatoms. The van der Waals surface area contributed by atoms with Gasteiger partial charge in [0, 0.05) is 5.02 Å². The molecule has 3 rings (SSSR count). The van der Waals surface area contributed by atoms with Crippen LogP contribution in [0.25, 0.3) is 10.7 Å². The third kappa shape index (κ3) is 3.20. The van der Waals surface area contributed by atoms with Gasteiger partial charge < -0.3 is 9.26 Å². The smallest absolute Gasteiger partial charge is 0.267 e. The quantitative estimate of drug-likeness (QED) is 0.651. The summed E-state index contributed by atoms with van der Waals surface area (Å²) in [6.45, 7) is 1.82. The summed E-state index contributed by atoms with van der Waals surface area (Å²) in [5.41, 5.74) is 0. The monoisotopic (exact) mass is 340 g/mol. The molecule has 2 aromatic heterocycles. The molecule has 0 aliphatic heterocycles. The predicted molar refractivity (Wildman–Crippen MR) is 83.1 cm³/mol. The lowest BCUT2D eigenvalue weighted by atomic mass is 10.3. The summed E-state index contributed by atoms with van der Waals surface area (Å²) < 4.78 is 11.0. The van der Waals surface area contributed by atoms with Crippen molar-refractivity contribution in [3.8, 4) is 16.5 Å². The lowest BCUT2D eigenvalue weighted by Crippen LogP contribution is -2.03. The topological polar surface area (TPSA) is 48.2 Å². The highest BCUT2D eigenvalue weighted by molar-refractivity contribution is 7.13. The fourth-order valence-electron chi connectivity index (χ4n) is 1.72. The molecule has 4 nitrogen and oxygen atoms in total. The van der Waals surface area contributed by atoms with Gasteiger partial charge in [-0.1, -0.05) is 34.4 Å². The summed E-state index contributed by atoms with van der Waals surface area (Å²) in [5.74, 6) is 1.46. The second-order valence-corrected chi connectivity index (χ2v) is 6.06. The van der Waals surface area contributed by atoms with Gasteiger partial charge >= 0.3 is 0 Å². The summed E-state index contributed by atoms with van der Waals surface area (Å²) >= 11 is 13.5. The Kier molecular flexibility index (Phi) is 4.14. The van der Waals surface area contributed by atoms with Crippen molar-refractivity contribution < 1.29 is 9.26 Å². The molecule has 108 valence electrons. The maximum absolute atomic E-state index is 6.07. The number of nitrogens with zero attached hydrogens (tertiary/aromatic N) is 2. The van der Waals surface area contributed by atoms with Crippen molar-refractivity contribution in [1.82, 2.24) is 10.1 Å². The summed E-state index contributed by atoms with van der Waals surface area (Å²) in [5, 5.41) is 6.90. The molecule has 1 aromatic carbocycles. The van der Waals surface area contributed by atoms with Gasteiger partial charge in [-0.15, -0.1) is 11.3 Å². The van der Waals surface area contributed by atoms with E-state index in [2.05, 4.69) is 10.1 Å². The van der Waals surface area contributed by atoms with Crippen molar-refractivity contribution in [2.45, 2.75) is 13.0 Å². The average molecular weight is 341 g/mol. The van der Waals surface area contributed by atoms with Crippen LogP contribution in [0, 0.1) is 0 Å². The summed E-state index contributed by atoms with van der Waals surface area (Å²) in [6, 6.07) is 8.90. The Morgan fingerprint density at radius 1 is 1.29 bits per heavy atom. The van der Waals surface area contributed by atoms with Crippen molar-refractivity contribution in [2.24, 2.45) is 0 Å². The molecule has 2 heterocycles. The minimum atomic E-state index is -0.412. The van der Waals surface area contributed by atoms with Gasteiger partial charge in [-0.3, -0.25) is 0 Å². The highest BCUT2D eigenvalue weighted by atomic mass is 35.5. The van der Waals surface area contributed by atoms with Gasteiger partial charge in [0.15, 0.2) is 6.10 Å². The average Bonchev–Trinajstić information content (AvgIpc) is 3.10. The SMILES string of the molecule is C[C@H](Oc1ccc(Cl)cc1Cl)c1nc(-c2cccs2)no1. The molecular formula is C14H10Cl2N2O2S. The van der Waals surface area contributed by atoms with Gasteiger partial charge in [0.05, 0.1) is 9.90 Å². The van der Waals surface area contributed by atoms with Gasteiger partial charge in [0.25, 0.3) is 5.89 Å². The predicted octanol–water partition coefficient (Wildman–Crippen LogP) is 5.24. The molecule has 21 heavy (non-hydrogen) atoms. The van der Waals surface area contributed by atoms with E-state index in [1.54, 1.807) is 29.5 Å². The van der Waals surface area contributed by atoms with Crippen LogP contribution in [0.2, 0.25) is 10.0 Å². The Morgan fingerprint density at radius 3 is 2.86 bits per heavy atom. The molecule has 0 N–H and O–H groups in total. The largest absolute Gasteiger partial charge is 0.479 e. The molecule has 0 aliphatic rings. The van der Waals surface area contributed by atoms with E-state index < -0.39 is 6.10 Å². The second kappa shape index (κ2) is 6.05. The van der Waals surface area contributed by atoms with E-state index in [1.165, 1.54) is 0 Å². The first-order valence-electron chi connectivity index (χ1n) is 6.12. The van der Waals surface area contributed by atoms with Crippen LogP contribution >= 0.6 is 34.5 Å². The Bertz CT molecular complexity index is 743. The lowest BCUT2D eigenvalue weighted by Gasteiger charge is -2.12. The fourth-order valence-corrected chi connectivity index (χ4v) is 2.82. The molecule has 0 fully saturated rings. The number of ether oxygens (including phenoxy) is 1. The molecule has 0 aliphatic carbocycles. The Hall–Kier alpha value is -1.56. The fraction of sp³-hybridized carbons (Fsp3) is 0.143. The van der Waals surface area contributed by atoms with E-state index in [1.807, 2.05) is 24.4 Å². The number of benzene rings is 1. The van der Waals surface area contributed by atoms with Crippen molar-refractivity contribution in [3.63, 3.8) is 0 Å². The van der Waals surface area contributed by atoms with Crippen LogP contribution in [-0.4, -0.2) is 10.1 Å². The molecular weight excluding hydrogens is 331 g/mol. The normalized spacial score (nSPS) is 12.3.